The van der Waals surface area contributed by atoms with Crippen LogP contribution in [0.3, 0.4) is 0 Å². The Morgan fingerprint density at radius 3 is 1.89 bits per heavy atom. The monoisotopic (exact) mass is 403 g/mol. The minimum Gasteiger partial charge on any atom is -0.321 e. The number of hydrogen-bond donors (Lipinski definition) is 1. The SMILES string of the molecule is O=S(=O)(O)c1c(C2[CH-]CCCC2)cc(C2CCCCC2)cc1C1CCCCC1. The van der Waals surface area contributed by atoms with Crippen LogP contribution in [-0.2, 0) is 10.1 Å². The zero-order valence-corrected chi connectivity index (χ0v) is 17.9. The van der Waals surface area contributed by atoms with Crippen LogP contribution in [0.1, 0.15) is 124 Å². The summed E-state index contributed by atoms with van der Waals surface area (Å²) in [5.74, 6) is 0.988. The second-order valence-electron chi connectivity index (χ2n) is 9.30. The molecule has 1 unspecified atom stereocenters. The van der Waals surface area contributed by atoms with Crippen molar-refractivity contribution in [2.75, 3.05) is 0 Å². The Labute approximate surface area is 171 Å². The lowest BCUT2D eigenvalue weighted by Gasteiger charge is -2.36. The van der Waals surface area contributed by atoms with Gasteiger partial charge >= 0.3 is 0 Å². The summed E-state index contributed by atoms with van der Waals surface area (Å²) < 4.78 is 35.4. The topological polar surface area (TPSA) is 54.4 Å². The molecule has 0 heterocycles. The van der Waals surface area contributed by atoms with E-state index in [1.54, 1.807) is 0 Å². The first-order valence-corrected chi connectivity index (χ1v) is 13.0. The molecule has 4 heteroatoms. The maximum atomic E-state index is 12.6. The van der Waals surface area contributed by atoms with Crippen molar-refractivity contribution in [1.29, 1.82) is 0 Å². The lowest BCUT2D eigenvalue weighted by Crippen LogP contribution is -2.18. The summed E-state index contributed by atoms with van der Waals surface area (Å²) in [6.07, 6.45) is 18.6. The second kappa shape index (κ2) is 8.87. The molecule has 0 aromatic heterocycles. The van der Waals surface area contributed by atoms with Gasteiger partial charge in [0.25, 0.3) is 10.1 Å². The van der Waals surface area contributed by atoms with E-state index in [-0.39, 0.29) is 16.7 Å². The smallest absolute Gasteiger partial charge is 0.294 e. The molecule has 4 rings (SSSR count). The average Bonchev–Trinajstić information content (AvgIpc) is 2.74. The van der Waals surface area contributed by atoms with Gasteiger partial charge in [0.15, 0.2) is 0 Å². The summed E-state index contributed by atoms with van der Waals surface area (Å²) in [5.41, 5.74) is 3.16. The standard InChI is InChI=1S/C24H35O3S/c25-28(26,27)24-22(19-12-6-2-7-13-19)16-21(18-10-4-1-5-11-18)17-23(24)20-14-8-3-9-15-20/h12,16-20H,1-11,13-15H2,(H,25,26,27)/q-1. The Morgan fingerprint density at radius 2 is 1.32 bits per heavy atom. The third kappa shape index (κ3) is 4.48. The Bertz CT molecular complexity index is 726. The van der Waals surface area contributed by atoms with Crippen molar-refractivity contribution in [2.24, 2.45) is 0 Å². The van der Waals surface area contributed by atoms with E-state index in [1.165, 1.54) is 50.5 Å². The van der Waals surface area contributed by atoms with Crippen LogP contribution in [0.25, 0.3) is 0 Å². The molecule has 0 radical (unpaired) electrons. The molecule has 1 aromatic rings. The van der Waals surface area contributed by atoms with Crippen molar-refractivity contribution in [3.05, 3.63) is 35.2 Å². The Hall–Kier alpha value is -0.870. The molecular formula is C24H35O3S-. The van der Waals surface area contributed by atoms with Crippen molar-refractivity contribution < 1.29 is 13.0 Å². The molecule has 3 aliphatic rings. The van der Waals surface area contributed by atoms with E-state index in [0.717, 1.165) is 56.1 Å². The van der Waals surface area contributed by atoms with Gasteiger partial charge in [-0.25, -0.2) is 0 Å². The van der Waals surface area contributed by atoms with Crippen molar-refractivity contribution in [2.45, 2.75) is 113 Å². The highest BCUT2D eigenvalue weighted by atomic mass is 32.2. The summed E-state index contributed by atoms with van der Waals surface area (Å²) in [6, 6.07) is 4.35. The molecule has 0 amide bonds. The highest BCUT2D eigenvalue weighted by molar-refractivity contribution is 7.86. The molecule has 3 nitrogen and oxygen atoms in total. The maximum Gasteiger partial charge on any atom is 0.294 e. The van der Waals surface area contributed by atoms with Gasteiger partial charge in [0, 0.05) is 0 Å². The normalized spacial score (nSPS) is 25.7. The third-order valence-electron chi connectivity index (χ3n) is 7.37. The quantitative estimate of drug-likeness (QED) is 0.440. The van der Waals surface area contributed by atoms with Gasteiger partial charge in [-0.05, 0) is 48.6 Å². The van der Waals surface area contributed by atoms with Gasteiger partial charge in [-0.2, -0.15) is 14.8 Å². The molecule has 0 spiro atoms. The van der Waals surface area contributed by atoms with Crippen LogP contribution >= 0.6 is 0 Å². The Morgan fingerprint density at radius 1 is 0.750 bits per heavy atom. The van der Waals surface area contributed by atoms with E-state index in [0.29, 0.717) is 5.92 Å². The highest BCUT2D eigenvalue weighted by Crippen LogP contribution is 2.45. The fourth-order valence-corrected chi connectivity index (χ4v) is 6.92. The molecule has 156 valence electrons. The average molecular weight is 404 g/mol. The van der Waals surface area contributed by atoms with E-state index in [1.807, 2.05) is 0 Å². The number of rotatable bonds is 4. The minimum atomic E-state index is -4.23. The summed E-state index contributed by atoms with van der Waals surface area (Å²) in [6.45, 7) is 0. The van der Waals surface area contributed by atoms with Crippen LogP contribution < -0.4 is 0 Å². The van der Waals surface area contributed by atoms with Gasteiger partial charge in [-0.1, -0.05) is 75.5 Å². The zero-order chi connectivity index (χ0) is 19.6. The molecular weight excluding hydrogens is 368 g/mol. The maximum absolute atomic E-state index is 12.6. The minimum absolute atomic E-state index is 0.163. The molecule has 0 aliphatic heterocycles. The van der Waals surface area contributed by atoms with E-state index in [4.69, 9.17) is 0 Å². The molecule has 3 aliphatic carbocycles. The fraction of sp³-hybridized carbons (Fsp3) is 0.708. The molecule has 0 saturated heterocycles. The van der Waals surface area contributed by atoms with Crippen molar-refractivity contribution in [3.63, 3.8) is 0 Å². The molecule has 3 saturated carbocycles. The first kappa shape index (κ1) is 20.4. The van der Waals surface area contributed by atoms with Gasteiger partial charge in [0.2, 0.25) is 0 Å². The largest absolute Gasteiger partial charge is 0.321 e. The van der Waals surface area contributed by atoms with Crippen molar-refractivity contribution >= 4 is 10.1 Å². The van der Waals surface area contributed by atoms with Crippen LogP contribution in [0.4, 0.5) is 0 Å². The van der Waals surface area contributed by atoms with Crippen LogP contribution in [0.2, 0.25) is 0 Å². The molecule has 28 heavy (non-hydrogen) atoms. The first-order chi connectivity index (χ1) is 13.5. The summed E-state index contributed by atoms with van der Waals surface area (Å²) >= 11 is 0. The first-order valence-electron chi connectivity index (χ1n) is 11.5. The number of hydrogen-bond acceptors (Lipinski definition) is 2. The predicted molar refractivity (Wildman–Crippen MR) is 113 cm³/mol. The van der Waals surface area contributed by atoms with Gasteiger partial charge in [-0.15, -0.1) is 5.92 Å². The molecule has 1 N–H and O–H groups in total. The summed E-state index contributed by atoms with van der Waals surface area (Å²) in [4.78, 5) is 0.266. The fourth-order valence-electron chi connectivity index (χ4n) is 5.89. The molecule has 0 bridgehead atoms. The van der Waals surface area contributed by atoms with Gasteiger partial charge in [-0.3, -0.25) is 4.55 Å². The number of benzene rings is 1. The second-order valence-corrected chi connectivity index (χ2v) is 10.7. The summed E-state index contributed by atoms with van der Waals surface area (Å²) in [7, 11) is -4.23. The van der Waals surface area contributed by atoms with E-state index in [9.17, 15) is 13.0 Å². The van der Waals surface area contributed by atoms with Crippen LogP contribution in [0, 0.1) is 6.42 Å². The van der Waals surface area contributed by atoms with Gasteiger partial charge in [0.1, 0.15) is 0 Å². The van der Waals surface area contributed by atoms with Crippen LogP contribution in [0.5, 0.6) is 0 Å². The van der Waals surface area contributed by atoms with Gasteiger partial charge < -0.3 is 6.42 Å². The zero-order valence-electron chi connectivity index (χ0n) is 17.0. The summed E-state index contributed by atoms with van der Waals surface area (Å²) in [5, 5.41) is 0. The molecule has 3 fully saturated rings. The van der Waals surface area contributed by atoms with Crippen LogP contribution in [0.15, 0.2) is 17.0 Å². The van der Waals surface area contributed by atoms with Crippen LogP contribution in [-0.4, -0.2) is 13.0 Å². The van der Waals surface area contributed by atoms with E-state index < -0.39 is 10.1 Å². The van der Waals surface area contributed by atoms with Gasteiger partial charge in [0.05, 0.1) is 4.90 Å². The Kier molecular flexibility index (Phi) is 6.46. The third-order valence-corrected chi connectivity index (χ3v) is 8.36. The highest BCUT2D eigenvalue weighted by Gasteiger charge is 2.30. The van der Waals surface area contributed by atoms with E-state index in [2.05, 4.69) is 18.6 Å². The lowest BCUT2D eigenvalue weighted by atomic mass is 9.76. The lowest BCUT2D eigenvalue weighted by molar-refractivity contribution is 0.424. The Balaban J connectivity index is 1.84. The van der Waals surface area contributed by atoms with E-state index >= 15 is 0 Å². The molecule has 1 aromatic carbocycles. The molecule has 1 atom stereocenters. The van der Waals surface area contributed by atoms with Crippen molar-refractivity contribution in [1.82, 2.24) is 0 Å². The predicted octanol–water partition coefficient (Wildman–Crippen LogP) is 6.89. The van der Waals surface area contributed by atoms with Crippen molar-refractivity contribution in [3.8, 4) is 0 Å².